The molecule has 0 aromatic carbocycles. The number of hydrogen-bond donors (Lipinski definition) is 4. The van der Waals surface area contributed by atoms with Gasteiger partial charge in [-0.05, 0) is 6.42 Å². The Balaban J connectivity index is 3.76. The molecule has 0 saturated carbocycles. The molecule has 0 aliphatic carbocycles. The molecule has 6 nitrogen and oxygen atoms in total. The molecular formula is C11H25NO5. The summed E-state index contributed by atoms with van der Waals surface area (Å²) < 4.78 is 9.96. The summed E-state index contributed by atoms with van der Waals surface area (Å²) >= 11 is 0. The summed E-state index contributed by atoms with van der Waals surface area (Å²) in [5.41, 5.74) is -0.729. The summed E-state index contributed by atoms with van der Waals surface area (Å²) in [4.78, 5) is 0. The van der Waals surface area contributed by atoms with Gasteiger partial charge in [0.25, 0.3) is 0 Å². The zero-order valence-corrected chi connectivity index (χ0v) is 10.7. The quantitative estimate of drug-likeness (QED) is 0.342. The third kappa shape index (κ3) is 6.92. The zero-order valence-electron chi connectivity index (χ0n) is 10.7. The predicted octanol–water partition coefficient (Wildman–Crippen LogP) is -1.27. The molecule has 0 rings (SSSR count). The molecule has 0 bridgehead atoms. The van der Waals surface area contributed by atoms with Crippen molar-refractivity contribution in [3.8, 4) is 0 Å². The SMILES string of the molecule is CCC(CO)(CO)NCC(O)COCCOC. The van der Waals surface area contributed by atoms with Crippen molar-refractivity contribution >= 4 is 0 Å². The highest BCUT2D eigenvalue weighted by atomic mass is 16.5. The molecule has 0 radical (unpaired) electrons. The summed E-state index contributed by atoms with van der Waals surface area (Å²) in [7, 11) is 1.58. The highest BCUT2D eigenvalue weighted by Crippen LogP contribution is 2.07. The van der Waals surface area contributed by atoms with Crippen LogP contribution in [0.2, 0.25) is 0 Å². The molecule has 0 aliphatic rings. The Kier molecular flexibility index (Phi) is 9.62. The Bertz CT molecular complexity index is 167. The lowest BCUT2D eigenvalue weighted by Crippen LogP contribution is -2.53. The molecule has 0 spiro atoms. The van der Waals surface area contributed by atoms with Gasteiger partial charge in [0.1, 0.15) is 0 Å². The lowest BCUT2D eigenvalue weighted by atomic mass is 9.98. The molecule has 0 amide bonds. The Morgan fingerprint density at radius 1 is 1.24 bits per heavy atom. The van der Waals surface area contributed by atoms with Gasteiger partial charge >= 0.3 is 0 Å². The monoisotopic (exact) mass is 251 g/mol. The van der Waals surface area contributed by atoms with E-state index in [2.05, 4.69) is 5.32 Å². The second-order valence-electron chi connectivity index (χ2n) is 4.05. The van der Waals surface area contributed by atoms with E-state index in [0.29, 0.717) is 19.6 Å². The van der Waals surface area contributed by atoms with Gasteiger partial charge in [0, 0.05) is 13.7 Å². The molecule has 0 aromatic heterocycles. The average Bonchev–Trinajstić information content (AvgIpc) is 2.37. The smallest absolute Gasteiger partial charge is 0.0897 e. The molecule has 1 unspecified atom stereocenters. The summed E-state index contributed by atoms with van der Waals surface area (Å²) in [6.45, 7) is 2.92. The van der Waals surface area contributed by atoms with Crippen LogP contribution in [0, 0.1) is 0 Å². The first-order chi connectivity index (χ1) is 8.14. The van der Waals surface area contributed by atoms with Crippen LogP contribution in [0.5, 0.6) is 0 Å². The number of ether oxygens (including phenoxy) is 2. The van der Waals surface area contributed by atoms with Crippen LogP contribution in [-0.4, -0.2) is 73.7 Å². The molecule has 0 fully saturated rings. The van der Waals surface area contributed by atoms with Crippen molar-refractivity contribution in [3.05, 3.63) is 0 Å². The Morgan fingerprint density at radius 2 is 1.88 bits per heavy atom. The minimum absolute atomic E-state index is 0.169. The third-order valence-corrected chi connectivity index (χ3v) is 2.74. The van der Waals surface area contributed by atoms with Crippen molar-refractivity contribution in [1.82, 2.24) is 5.32 Å². The number of aliphatic hydroxyl groups excluding tert-OH is 3. The maximum Gasteiger partial charge on any atom is 0.0897 e. The molecule has 104 valence electrons. The number of nitrogens with one attached hydrogen (secondary N) is 1. The fraction of sp³-hybridized carbons (Fsp3) is 1.00. The van der Waals surface area contributed by atoms with Crippen LogP contribution in [0.25, 0.3) is 0 Å². The fourth-order valence-corrected chi connectivity index (χ4v) is 1.27. The third-order valence-electron chi connectivity index (χ3n) is 2.74. The standard InChI is InChI=1S/C11H25NO5/c1-3-11(8-13,9-14)12-6-10(15)7-17-5-4-16-2/h10,12-15H,3-9H2,1-2H3. The number of aliphatic hydroxyl groups is 3. The topological polar surface area (TPSA) is 91.2 Å². The van der Waals surface area contributed by atoms with Gasteiger partial charge in [0.05, 0.1) is 44.7 Å². The Morgan fingerprint density at radius 3 is 2.35 bits per heavy atom. The Hall–Kier alpha value is -0.240. The lowest BCUT2D eigenvalue weighted by molar-refractivity contribution is 0.00485. The normalized spacial score (nSPS) is 13.9. The summed E-state index contributed by atoms with van der Waals surface area (Å²) in [5, 5.41) is 30.9. The minimum atomic E-state index is -0.729. The molecule has 0 aliphatic heterocycles. The van der Waals surface area contributed by atoms with Gasteiger partial charge in [-0.3, -0.25) is 0 Å². The van der Waals surface area contributed by atoms with Gasteiger partial charge in [-0.15, -0.1) is 0 Å². The summed E-state index contributed by atoms with van der Waals surface area (Å²) in [6, 6.07) is 0. The van der Waals surface area contributed by atoms with Crippen LogP contribution in [0.3, 0.4) is 0 Å². The molecule has 1 atom stereocenters. The van der Waals surface area contributed by atoms with Gasteiger partial charge in [0.2, 0.25) is 0 Å². The van der Waals surface area contributed by atoms with Crippen LogP contribution in [-0.2, 0) is 9.47 Å². The molecule has 17 heavy (non-hydrogen) atoms. The fourth-order valence-electron chi connectivity index (χ4n) is 1.27. The van der Waals surface area contributed by atoms with Crippen molar-refractivity contribution in [2.45, 2.75) is 25.0 Å². The molecule has 4 N–H and O–H groups in total. The predicted molar refractivity (Wildman–Crippen MR) is 63.9 cm³/mol. The first kappa shape index (κ1) is 16.8. The van der Waals surface area contributed by atoms with E-state index >= 15 is 0 Å². The molecule has 0 saturated heterocycles. The van der Waals surface area contributed by atoms with E-state index in [1.54, 1.807) is 7.11 Å². The maximum atomic E-state index is 9.61. The van der Waals surface area contributed by atoms with Gasteiger partial charge in [-0.1, -0.05) is 6.92 Å². The second kappa shape index (κ2) is 9.76. The average molecular weight is 251 g/mol. The first-order valence-corrected chi connectivity index (χ1v) is 5.85. The van der Waals surface area contributed by atoms with E-state index in [0.717, 1.165) is 0 Å². The van der Waals surface area contributed by atoms with E-state index in [1.807, 2.05) is 6.92 Å². The van der Waals surface area contributed by atoms with E-state index in [4.69, 9.17) is 9.47 Å². The van der Waals surface area contributed by atoms with Crippen LogP contribution >= 0.6 is 0 Å². The van der Waals surface area contributed by atoms with Crippen molar-refractivity contribution in [3.63, 3.8) is 0 Å². The van der Waals surface area contributed by atoms with Crippen molar-refractivity contribution in [2.24, 2.45) is 0 Å². The van der Waals surface area contributed by atoms with E-state index in [-0.39, 0.29) is 26.4 Å². The van der Waals surface area contributed by atoms with Crippen LogP contribution in [0.15, 0.2) is 0 Å². The second-order valence-corrected chi connectivity index (χ2v) is 4.05. The van der Waals surface area contributed by atoms with Crippen molar-refractivity contribution < 1.29 is 24.8 Å². The van der Waals surface area contributed by atoms with Crippen molar-refractivity contribution in [2.75, 3.05) is 46.7 Å². The van der Waals surface area contributed by atoms with Gasteiger partial charge in [0.15, 0.2) is 0 Å². The lowest BCUT2D eigenvalue weighted by Gasteiger charge is -2.30. The van der Waals surface area contributed by atoms with Crippen LogP contribution in [0.4, 0.5) is 0 Å². The van der Waals surface area contributed by atoms with Crippen LogP contribution < -0.4 is 5.32 Å². The largest absolute Gasteiger partial charge is 0.394 e. The molecule has 6 heteroatoms. The number of β-amino-alcohol motifs (C(OH)–C–C–N with tert-alkyl or cyclic N) is 1. The molecule has 0 heterocycles. The maximum absolute atomic E-state index is 9.61. The van der Waals surface area contributed by atoms with Crippen LogP contribution in [0.1, 0.15) is 13.3 Å². The van der Waals surface area contributed by atoms with E-state index in [1.165, 1.54) is 0 Å². The highest BCUT2D eigenvalue weighted by molar-refractivity contribution is 4.86. The molecule has 0 aromatic rings. The highest BCUT2D eigenvalue weighted by Gasteiger charge is 2.26. The summed E-state index contributed by atoms with van der Waals surface area (Å²) in [5.74, 6) is 0. The number of hydrogen-bond acceptors (Lipinski definition) is 6. The van der Waals surface area contributed by atoms with Gasteiger partial charge in [-0.2, -0.15) is 0 Å². The summed E-state index contributed by atoms with van der Waals surface area (Å²) in [6.07, 6.45) is -0.0899. The number of methoxy groups -OCH3 is 1. The zero-order chi connectivity index (χ0) is 13.1. The molecular weight excluding hydrogens is 226 g/mol. The first-order valence-electron chi connectivity index (χ1n) is 5.85. The van der Waals surface area contributed by atoms with E-state index < -0.39 is 11.6 Å². The van der Waals surface area contributed by atoms with Gasteiger partial charge in [-0.25, -0.2) is 0 Å². The Labute approximate surface area is 103 Å². The van der Waals surface area contributed by atoms with E-state index in [9.17, 15) is 15.3 Å². The minimum Gasteiger partial charge on any atom is -0.394 e. The number of rotatable bonds is 11. The van der Waals surface area contributed by atoms with Crippen molar-refractivity contribution in [1.29, 1.82) is 0 Å². The van der Waals surface area contributed by atoms with Gasteiger partial charge < -0.3 is 30.1 Å².